The highest BCUT2D eigenvalue weighted by Crippen LogP contribution is 2.15. The van der Waals surface area contributed by atoms with Gasteiger partial charge < -0.3 is 20.3 Å². The number of ether oxygens (including phenoxy) is 1. The fraction of sp³-hybridized carbons (Fsp3) is 0.562. The van der Waals surface area contributed by atoms with Gasteiger partial charge in [-0.15, -0.1) is 0 Å². The molecule has 0 aliphatic carbocycles. The van der Waals surface area contributed by atoms with Gasteiger partial charge in [-0.2, -0.15) is 0 Å². The van der Waals surface area contributed by atoms with E-state index in [-0.39, 0.29) is 6.03 Å². The fourth-order valence-corrected chi connectivity index (χ4v) is 2.01. The summed E-state index contributed by atoms with van der Waals surface area (Å²) in [5.41, 5.74) is 2.35. The largest absolute Gasteiger partial charge is 0.492 e. The van der Waals surface area contributed by atoms with Gasteiger partial charge in [-0.1, -0.05) is 6.07 Å². The minimum Gasteiger partial charge on any atom is -0.492 e. The Bertz CT molecular complexity index is 427. The van der Waals surface area contributed by atoms with Gasteiger partial charge in [0.05, 0.1) is 6.54 Å². The maximum atomic E-state index is 11.5. The number of hydrogen-bond acceptors (Lipinski definition) is 3. The topological polar surface area (TPSA) is 53.6 Å². The molecule has 0 radical (unpaired) electrons. The van der Waals surface area contributed by atoms with Crippen LogP contribution in [0, 0.1) is 13.8 Å². The summed E-state index contributed by atoms with van der Waals surface area (Å²) in [6, 6.07) is 5.95. The van der Waals surface area contributed by atoms with Gasteiger partial charge >= 0.3 is 6.03 Å². The summed E-state index contributed by atoms with van der Waals surface area (Å²) in [5, 5.41) is 5.60. The van der Waals surface area contributed by atoms with Crippen molar-refractivity contribution in [1.82, 2.24) is 15.5 Å². The number of urea groups is 1. The Morgan fingerprint density at radius 1 is 1.10 bits per heavy atom. The van der Waals surface area contributed by atoms with Crippen LogP contribution in [-0.2, 0) is 0 Å². The van der Waals surface area contributed by atoms with Crippen molar-refractivity contribution in [3.63, 3.8) is 0 Å². The van der Waals surface area contributed by atoms with Gasteiger partial charge in [0.1, 0.15) is 12.4 Å². The van der Waals surface area contributed by atoms with E-state index in [1.54, 1.807) is 0 Å². The summed E-state index contributed by atoms with van der Waals surface area (Å²) in [4.78, 5) is 13.6. The van der Waals surface area contributed by atoms with Gasteiger partial charge in [-0.25, -0.2) is 4.79 Å². The van der Waals surface area contributed by atoms with E-state index < -0.39 is 0 Å². The Labute approximate surface area is 127 Å². The molecule has 118 valence electrons. The Morgan fingerprint density at radius 2 is 1.71 bits per heavy atom. The van der Waals surface area contributed by atoms with Crippen LogP contribution in [-0.4, -0.2) is 51.3 Å². The van der Waals surface area contributed by atoms with Crippen LogP contribution in [0.2, 0.25) is 0 Å². The number of hydrogen-bond donors (Lipinski definition) is 2. The quantitative estimate of drug-likeness (QED) is 0.720. The highest BCUT2D eigenvalue weighted by Gasteiger charge is 2.00. The minimum atomic E-state index is -0.141. The van der Waals surface area contributed by atoms with Crippen LogP contribution in [0.1, 0.15) is 17.5 Å². The van der Waals surface area contributed by atoms with Crippen molar-refractivity contribution in [3.05, 3.63) is 29.3 Å². The van der Waals surface area contributed by atoms with Crippen molar-refractivity contribution in [3.8, 4) is 5.75 Å². The lowest BCUT2D eigenvalue weighted by Gasteiger charge is -2.11. The van der Waals surface area contributed by atoms with Crippen LogP contribution in [0.4, 0.5) is 4.79 Å². The predicted octanol–water partition coefficient (Wildman–Crippen LogP) is 1.93. The second kappa shape index (κ2) is 9.23. The molecule has 0 fully saturated rings. The van der Waals surface area contributed by atoms with Gasteiger partial charge in [-0.05, 0) is 64.2 Å². The van der Waals surface area contributed by atoms with E-state index in [0.717, 1.165) is 18.7 Å². The molecule has 1 aromatic carbocycles. The first-order chi connectivity index (χ1) is 9.97. The van der Waals surface area contributed by atoms with E-state index in [1.807, 2.05) is 40.1 Å². The Hall–Kier alpha value is -1.75. The van der Waals surface area contributed by atoms with Gasteiger partial charge in [0.15, 0.2) is 0 Å². The Kier molecular flexibility index (Phi) is 7.61. The first-order valence-corrected chi connectivity index (χ1v) is 7.35. The molecule has 1 aromatic rings. The molecular weight excluding hydrogens is 266 g/mol. The third-order valence-electron chi connectivity index (χ3n) is 2.92. The minimum absolute atomic E-state index is 0.141. The number of aryl methyl sites for hydroxylation is 2. The summed E-state index contributed by atoms with van der Waals surface area (Å²) >= 11 is 0. The summed E-state index contributed by atoms with van der Waals surface area (Å²) in [7, 11) is 4.04. The van der Waals surface area contributed by atoms with Crippen molar-refractivity contribution in [2.24, 2.45) is 0 Å². The number of nitrogens with zero attached hydrogens (tertiary/aromatic N) is 1. The van der Waals surface area contributed by atoms with Gasteiger partial charge in [0.2, 0.25) is 0 Å². The molecule has 0 saturated heterocycles. The average Bonchev–Trinajstić information content (AvgIpc) is 2.38. The highest BCUT2D eigenvalue weighted by molar-refractivity contribution is 5.73. The van der Waals surface area contributed by atoms with Crippen molar-refractivity contribution in [2.75, 3.05) is 40.3 Å². The number of carbonyl (C=O) groups excluding carboxylic acids is 1. The molecule has 1 rings (SSSR count). The van der Waals surface area contributed by atoms with Gasteiger partial charge in [0, 0.05) is 6.54 Å². The first-order valence-electron chi connectivity index (χ1n) is 7.35. The van der Waals surface area contributed by atoms with E-state index in [1.165, 1.54) is 11.1 Å². The summed E-state index contributed by atoms with van der Waals surface area (Å²) in [6.07, 6.45) is 0.944. The third-order valence-corrected chi connectivity index (χ3v) is 2.92. The van der Waals surface area contributed by atoms with Crippen molar-refractivity contribution in [1.29, 1.82) is 0 Å². The summed E-state index contributed by atoms with van der Waals surface area (Å²) < 4.78 is 5.63. The smallest absolute Gasteiger partial charge is 0.314 e. The molecule has 21 heavy (non-hydrogen) atoms. The first kappa shape index (κ1) is 17.3. The van der Waals surface area contributed by atoms with Crippen LogP contribution >= 0.6 is 0 Å². The number of carbonyl (C=O) groups is 1. The summed E-state index contributed by atoms with van der Waals surface area (Å²) in [5.74, 6) is 0.848. The standard InChI is InChI=1S/C16H27N3O2/c1-13-10-14(2)12-15(11-13)21-9-7-18-16(20)17-6-5-8-19(3)4/h10-12H,5-9H2,1-4H3,(H2,17,18,20). The molecule has 0 aliphatic rings. The maximum absolute atomic E-state index is 11.5. The zero-order valence-corrected chi connectivity index (χ0v) is 13.5. The van der Waals surface area contributed by atoms with Gasteiger partial charge in [0.25, 0.3) is 0 Å². The molecule has 0 saturated carbocycles. The van der Waals surface area contributed by atoms with Crippen LogP contribution < -0.4 is 15.4 Å². The average molecular weight is 293 g/mol. The lowest BCUT2D eigenvalue weighted by molar-refractivity contribution is 0.236. The second-order valence-electron chi connectivity index (χ2n) is 5.51. The molecule has 0 aromatic heterocycles. The van der Waals surface area contributed by atoms with E-state index in [2.05, 4.69) is 21.6 Å². The third kappa shape index (κ3) is 8.19. The molecule has 0 bridgehead atoms. The maximum Gasteiger partial charge on any atom is 0.314 e. The number of nitrogens with one attached hydrogen (secondary N) is 2. The Balaban J connectivity index is 2.11. The highest BCUT2D eigenvalue weighted by atomic mass is 16.5. The van der Waals surface area contributed by atoms with Crippen LogP contribution in [0.25, 0.3) is 0 Å². The van der Waals surface area contributed by atoms with Crippen LogP contribution in [0.3, 0.4) is 0 Å². The molecule has 0 aliphatic heterocycles. The van der Waals surface area contributed by atoms with Crippen LogP contribution in [0.15, 0.2) is 18.2 Å². The molecule has 0 spiro atoms. The molecule has 0 unspecified atom stereocenters. The lowest BCUT2D eigenvalue weighted by atomic mass is 10.1. The zero-order valence-electron chi connectivity index (χ0n) is 13.5. The van der Waals surface area contributed by atoms with E-state index in [4.69, 9.17) is 4.74 Å². The molecule has 0 atom stereocenters. The van der Waals surface area contributed by atoms with Crippen LogP contribution in [0.5, 0.6) is 5.75 Å². The molecule has 2 amide bonds. The normalized spacial score (nSPS) is 10.5. The number of rotatable bonds is 8. The van der Waals surface area contributed by atoms with E-state index in [0.29, 0.717) is 19.7 Å². The molecular formula is C16H27N3O2. The lowest BCUT2D eigenvalue weighted by Crippen LogP contribution is -2.38. The van der Waals surface area contributed by atoms with Gasteiger partial charge in [-0.3, -0.25) is 0 Å². The molecule has 5 nitrogen and oxygen atoms in total. The second-order valence-corrected chi connectivity index (χ2v) is 5.51. The van der Waals surface area contributed by atoms with E-state index in [9.17, 15) is 4.79 Å². The fourth-order valence-electron chi connectivity index (χ4n) is 2.01. The SMILES string of the molecule is Cc1cc(C)cc(OCCNC(=O)NCCCN(C)C)c1. The molecule has 0 heterocycles. The monoisotopic (exact) mass is 293 g/mol. The predicted molar refractivity (Wildman–Crippen MR) is 86.0 cm³/mol. The summed E-state index contributed by atoms with van der Waals surface area (Å²) in [6.45, 7) is 6.69. The Morgan fingerprint density at radius 3 is 2.33 bits per heavy atom. The van der Waals surface area contributed by atoms with Crippen molar-refractivity contribution >= 4 is 6.03 Å². The van der Waals surface area contributed by atoms with E-state index >= 15 is 0 Å². The zero-order chi connectivity index (χ0) is 15.7. The van der Waals surface area contributed by atoms with Crippen molar-refractivity contribution in [2.45, 2.75) is 20.3 Å². The number of benzene rings is 1. The molecule has 2 N–H and O–H groups in total. The number of amides is 2. The molecule has 5 heteroatoms. The van der Waals surface area contributed by atoms with Crippen molar-refractivity contribution < 1.29 is 9.53 Å².